The Kier molecular flexibility index (Phi) is 7.22. The first-order valence-electron chi connectivity index (χ1n) is 14.9. The zero-order valence-corrected chi connectivity index (χ0v) is 25.4. The summed E-state index contributed by atoms with van der Waals surface area (Å²) < 4.78 is 14.1. The average Bonchev–Trinajstić information content (AvgIpc) is 3.39. The number of carbonyl (C=O) groups is 3. The number of imidazole rings is 1. The third-order valence-corrected chi connectivity index (χ3v) is 8.80. The van der Waals surface area contributed by atoms with E-state index in [1.54, 1.807) is 35.4 Å². The number of piperidine rings is 1. The van der Waals surface area contributed by atoms with Crippen LogP contribution in [0.3, 0.4) is 0 Å². The maximum Gasteiger partial charge on any atom is 0.410 e. The van der Waals surface area contributed by atoms with Crippen LogP contribution in [-0.2, 0) is 27.9 Å². The Balaban J connectivity index is 1.29. The summed E-state index contributed by atoms with van der Waals surface area (Å²) in [4.78, 5) is 58.9. The van der Waals surface area contributed by atoms with E-state index in [0.29, 0.717) is 24.4 Å². The number of likely N-dealkylation sites (tertiary alicyclic amines) is 1. The Morgan fingerprint density at radius 1 is 0.953 bits per heavy atom. The Morgan fingerprint density at radius 3 is 2.26 bits per heavy atom. The molecule has 2 bridgehead atoms. The molecule has 3 amide bonds. The number of amides is 3. The lowest BCUT2D eigenvalue weighted by Crippen LogP contribution is -2.56. The van der Waals surface area contributed by atoms with E-state index in [9.17, 15) is 19.2 Å². The number of carbonyl (C=O) groups excluding carboxylic acids is 3. The molecule has 0 saturated carbocycles. The Labute approximate surface area is 250 Å². The quantitative estimate of drug-likeness (QED) is 0.417. The number of piperazine rings is 1. The number of benzene rings is 2. The van der Waals surface area contributed by atoms with Gasteiger partial charge in [0.1, 0.15) is 17.4 Å². The minimum absolute atomic E-state index is 0.0143. The zero-order valence-electron chi connectivity index (χ0n) is 25.4. The molecule has 4 heterocycles. The first kappa shape index (κ1) is 28.8. The number of imide groups is 1. The number of hydrogen-bond donors (Lipinski definition) is 0. The molecule has 1 aromatic heterocycles. The molecular formula is C32H39N5O6. The molecule has 228 valence electrons. The fraction of sp³-hybridized carbons (Fsp3) is 0.500. The number of para-hydroxylation sites is 1. The molecule has 11 heteroatoms. The Morgan fingerprint density at radius 2 is 1.63 bits per heavy atom. The van der Waals surface area contributed by atoms with Crippen LogP contribution >= 0.6 is 0 Å². The van der Waals surface area contributed by atoms with Crippen LogP contribution in [0.5, 0.6) is 5.75 Å². The monoisotopic (exact) mass is 589 g/mol. The molecule has 3 atom stereocenters. The highest BCUT2D eigenvalue weighted by molar-refractivity contribution is 6.00. The second kappa shape index (κ2) is 10.8. The Bertz CT molecular complexity index is 1620. The van der Waals surface area contributed by atoms with E-state index in [2.05, 4.69) is 4.90 Å². The second-order valence-electron chi connectivity index (χ2n) is 12.8. The van der Waals surface area contributed by atoms with E-state index < -0.39 is 11.6 Å². The van der Waals surface area contributed by atoms with Crippen molar-refractivity contribution in [2.24, 2.45) is 7.05 Å². The number of aryl methyl sites for hydroxylation is 1. The van der Waals surface area contributed by atoms with E-state index in [-0.39, 0.29) is 55.1 Å². The van der Waals surface area contributed by atoms with Crippen LogP contribution in [0.4, 0.5) is 10.5 Å². The molecule has 3 fully saturated rings. The van der Waals surface area contributed by atoms with E-state index >= 15 is 0 Å². The normalized spacial score (nSPS) is 22.4. The molecule has 6 rings (SSSR count). The summed E-state index contributed by atoms with van der Waals surface area (Å²) in [6.45, 7) is 7.01. The van der Waals surface area contributed by atoms with Gasteiger partial charge in [-0.05, 0) is 69.9 Å². The smallest absolute Gasteiger partial charge is 0.410 e. The lowest BCUT2D eigenvalue weighted by molar-refractivity contribution is -0.151. The summed E-state index contributed by atoms with van der Waals surface area (Å²) in [5, 5.41) is 0. The van der Waals surface area contributed by atoms with Crippen LogP contribution in [0.1, 0.15) is 58.1 Å². The van der Waals surface area contributed by atoms with Crippen LogP contribution in [0.2, 0.25) is 0 Å². The fourth-order valence-corrected chi connectivity index (χ4v) is 6.83. The van der Waals surface area contributed by atoms with Gasteiger partial charge in [-0.25, -0.2) is 9.59 Å². The molecule has 0 N–H and O–H groups in total. The molecular weight excluding hydrogens is 550 g/mol. The summed E-state index contributed by atoms with van der Waals surface area (Å²) in [6.07, 6.45) is 1.95. The molecule has 11 nitrogen and oxygen atoms in total. The molecule has 3 aliphatic rings. The largest absolute Gasteiger partial charge is 0.497 e. The van der Waals surface area contributed by atoms with Crippen LogP contribution < -0.4 is 15.3 Å². The van der Waals surface area contributed by atoms with E-state index in [1.165, 1.54) is 4.90 Å². The van der Waals surface area contributed by atoms with Crippen LogP contribution in [0, 0.1) is 0 Å². The van der Waals surface area contributed by atoms with E-state index in [1.807, 2.05) is 56.0 Å². The van der Waals surface area contributed by atoms with Crippen LogP contribution in [-0.4, -0.2) is 74.7 Å². The maximum atomic E-state index is 13.8. The first-order chi connectivity index (χ1) is 20.5. The molecule has 0 aliphatic carbocycles. The van der Waals surface area contributed by atoms with Gasteiger partial charge in [0.25, 0.3) is 5.91 Å². The van der Waals surface area contributed by atoms with Gasteiger partial charge < -0.3 is 14.4 Å². The third-order valence-electron chi connectivity index (χ3n) is 8.80. The third kappa shape index (κ3) is 5.14. The number of aromatic nitrogens is 2. The zero-order chi connectivity index (χ0) is 30.6. The van der Waals surface area contributed by atoms with Crippen molar-refractivity contribution >= 4 is 34.6 Å². The molecule has 3 aliphatic heterocycles. The van der Waals surface area contributed by atoms with Gasteiger partial charge in [-0.2, -0.15) is 0 Å². The molecule has 2 aromatic carbocycles. The summed E-state index contributed by atoms with van der Waals surface area (Å²) in [5.41, 5.74) is 2.23. The van der Waals surface area contributed by atoms with Crippen LogP contribution in [0.15, 0.2) is 47.3 Å². The van der Waals surface area contributed by atoms with E-state index in [0.717, 1.165) is 29.6 Å². The first-order valence-corrected chi connectivity index (χ1v) is 14.9. The fourth-order valence-electron chi connectivity index (χ4n) is 6.83. The van der Waals surface area contributed by atoms with Gasteiger partial charge in [-0.3, -0.25) is 28.5 Å². The molecule has 3 unspecified atom stereocenters. The number of hydrogen-bond acceptors (Lipinski definition) is 7. The average molecular weight is 590 g/mol. The number of nitrogens with zero attached hydrogens (tertiary/aromatic N) is 5. The van der Waals surface area contributed by atoms with Crippen molar-refractivity contribution in [3.8, 4) is 5.75 Å². The highest BCUT2D eigenvalue weighted by atomic mass is 16.6. The molecule has 43 heavy (non-hydrogen) atoms. The maximum absolute atomic E-state index is 13.8. The number of methoxy groups -OCH3 is 1. The van der Waals surface area contributed by atoms with Gasteiger partial charge >= 0.3 is 11.8 Å². The van der Waals surface area contributed by atoms with Crippen molar-refractivity contribution in [2.45, 2.75) is 76.7 Å². The number of ether oxygens (including phenoxy) is 2. The summed E-state index contributed by atoms with van der Waals surface area (Å²) in [7, 11) is 3.31. The van der Waals surface area contributed by atoms with Crippen molar-refractivity contribution in [2.75, 3.05) is 25.1 Å². The topological polar surface area (TPSA) is 106 Å². The van der Waals surface area contributed by atoms with Gasteiger partial charge in [0.15, 0.2) is 0 Å². The second-order valence-corrected chi connectivity index (χ2v) is 12.8. The molecule has 0 spiro atoms. The predicted molar refractivity (Wildman–Crippen MR) is 161 cm³/mol. The van der Waals surface area contributed by atoms with Gasteiger partial charge in [0.05, 0.1) is 42.5 Å². The summed E-state index contributed by atoms with van der Waals surface area (Å²) in [6, 6.07) is 12.3. The van der Waals surface area contributed by atoms with Gasteiger partial charge in [-0.1, -0.05) is 18.2 Å². The number of rotatable bonds is 5. The number of fused-ring (bicyclic) bond motifs is 3. The van der Waals surface area contributed by atoms with Crippen molar-refractivity contribution in [1.82, 2.24) is 18.9 Å². The number of anilines is 1. The SMILES string of the molecule is COc1ccc(CN2C(=O)CCC(n3c(=O)n(C)c4c(N5CC6CCC(C5)N6C(=O)OC(C)(C)C)cccc43)C2=O)cc1. The van der Waals surface area contributed by atoms with Crippen molar-refractivity contribution in [1.29, 1.82) is 0 Å². The van der Waals surface area contributed by atoms with Gasteiger partial charge in [0.2, 0.25) is 5.91 Å². The van der Waals surface area contributed by atoms with Crippen molar-refractivity contribution < 1.29 is 23.9 Å². The van der Waals surface area contributed by atoms with Crippen LogP contribution in [0.25, 0.3) is 11.0 Å². The van der Waals surface area contributed by atoms with Gasteiger partial charge in [-0.15, -0.1) is 0 Å². The minimum atomic E-state index is -0.789. The molecule has 3 saturated heterocycles. The minimum Gasteiger partial charge on any atom is -0.497 e. The van der Waals surface area contributed by atoms with Gasteiger partial charge in [0, 0.05) is 26.6 Å². The highest BCUT2D eigenvalue weighted by Gasteiger charge is 2.45. The highest BCUT2D eigenvalue weighted by Crippen LogP contribution is 2.37. The predicted octanol–water partition coefficient (Wildman–Crippen LogP) is 3.83. The van der Waals surface area contributed by atoms with E-state index in [4.69, 9.17) is 9.47 Å². The van der Waals surface area contributed by atoms with Crippen molar-refractivity contribution in [3.63, 3.8) is 0 Å². The molecule has 0 radical (unpaired) electrons. The van der Waals surface area contributed by atoms with Crippen molar-refractivity contribution in [3.05, 3.63) is 58.5 Å². The lowest BCUT2D eigenvalue weighted by Gasteiger charge is -2.42. The Hall–Kier alpha value is -4.28. The standard InChI is InChI=1S/C32H39N5O6/c1-32(2,3)43-31(41)36-21-11-12-22(36)19-34(18-21)24-7-6-8-25-28(24)33(4)30(40)37(25)26-15-16-27(38)35(29(26)39)17-20-9-13-23(42-5)14-10-20/h6-10,13-14,21-22,26H,11-12,15-19H2,1-5H3. The lowest BCUT2D eigenvalue weighted by atomic mass is 10.0. The summed E-state index contributed by atoms with van der Waals surface area (Å²) >= 11 is 0. The molecule has 3 aromatic rings. The summed E-state index contributed by atoms with van der Waals surface area (Å²) in [5.74, 6) is 0.0655.